The van der Waals surface area contributed by atoms with Crippen LogP contribution in [0, 0.1) is 0 Å². The van der Waals surface area contributed by atoms with Crippen molar-refractivity contribution in [3.8, 4) is 0 Å². The fourth-order valence-electron chi connectivity index (χ4n) is 1.32. The molecular formula is C11H14N4O2S2. The summed E-state index contributed by atoms with van der Waals surface area (Å²) in [5.41, 5.74) is 0.540. The molecule has 0 spiro atoms. The summed E-state index contributed by atoms with van der Waals surface area (Å²) in [6.07, 6.45) is 3.53. The van der Waals surface area contributed by atoms with Gasteiger partial charge in [0.25, 0.3) is 10.0 Å². The molecule has 102 valence electrons. The van der Waals surface area contributed by atoms with Crippen LogP contribution < -0.4 is 10.0 Å². The van der Waals surface area contributed by atoms with Crippen LogP contribution in [0.4, 0.5) is 11.6 Å². The minimum atomic E-state index is -3.62. The topological polar surface area (TPSA) is 84.0 Å². The molecule has 0 saturated heterocycles. The van der Waals surface area contributed by atoms with Gasteiger partial charge in [-0.1, -0.05) is 6.92 Å². The van der Waals surface area contributed by atoms with E-state index in [0.717, 1.165) is 13.0 Å². The van der Waals surface area contributed by atoms with Gasteiger partial charge >= 0.3 is 0 Å². The quantitative estimate of drug-likeness (QED) is 0.853. The Hall–Kier alpha value is -1.67. The normalized spacial score (nSPS) is 11.2. The maximum Gasteiger partial charge on any atom is 0.265 e. The first-order valence-corrected chi connectivity index (χ1v) is 8.15. The highest BCUT2D eigenvalue weighted by Crippen LogP contribution is 2.17. The van der Waals surface area contributed by atoms with Gasteiger partial charge in [-0.3, -0.25) is 4.72 Å². The number of rotatable bonds is 6. The zero-order valence-electron chi connectivity index (χ0n) is 10.3. The highest BCUT2D eigenvalue weighted by Gasteiger charge is 2.15. The first-order chi connectivity index (χ1) is 9.12. The second-order valence-corrected chi connectivity index (χ2v) is 6.25. The molecule has 0 radical (unpaired) electrons. The average molecular weight is 298 g/mol. The van der Waals surface area contributed by atoms with E-state index >= 15 is 0 Å². The van der Waals surface area contributed by atoms with Crippen LogP contribution in [0.2, 0.25) is 0 Å². The van der Waals surface area contributed by atoms with E-state index in [1.54, 1.807) is 16.8 Å². The van der Waals surface area contributed by atoms with Gasteiger partial charge in [0.1, 0.15) is 4.90 Å². The maximum absolute atomic E-state index is 12.0. The Labute approximate surface area is 116 Å². The van der Waals surface area contributed by atoms with Crippen LogP contribution in [0.5, 0.6) is 0 Å². The Morgan fingerprint density at radius 2 is 2.05 bits per heavy atom. The Morgan fingerprint density at radius 1 is 1.32 bits per heavy atom. The van der Waals surface area contributed by atoms with Gasteiger partial charge in [-0.25, -0.2) is 18.4 Å². The van der Waals surface area contributed by atoms with E-state index in [1.165, 1.54) is 23.7 Å². The van der Waals surface area contributed by atoms with Crippen molar-refractivity contribution in [2.24, 2.45) is 0 Å². The zero-order valence-corrected chi connectivity index (χ0v) is 12.0. The lowest BCUT2D eigenvalue weighted by atomic mass is 10.5. The van der Waals surface area contributed by atoms with Crippen molar-refractivity contribution >= 4 is 33.0 Å². The Kier molecular flexibility index (Phi) is 4.33. The molecule has 8 heteroatoms. The van der Waals surface area contributed by atoms with Gasteiger partial charge in [-0.2, -0.15) is 11.3 Å². The molecule has 0 aliphatic rings. The lowest BCUT2D eigenvalue weighted by molar-refractivity contribution is 0.600. The van der Waals surface area contributed by atoms with Gasteiger partial charge in [0.05, 0.1) is 18.1 Å². The van der Waals surface area contributed by atoms with Crippen LogP contribution in [0.25, 0.3) is 0 Å². The molecule has 0 atom stereocenters. The number of anilines is 2. The van der Waals surface area contributed by atoms with Gasteiger partial charge in [-0.15, -0.1) is 0 Å². The summed E-state index contributed by atoms with van der Waals surface area (Å²) in [6, 6.07) is 1.69. The molecule has 0 aliphatic heterocycles. The van der Waals surface area contributed by atoms with Gasteiger partial charge in [0.2, 0.25) is 5.95 Å². The van der Waals surface area contributed by atoms with E-state index < -0.39 is 10.0 Å². The minimum absolute atomic E-state index is 0.0424. The number of hydrogen-bond acceptors (Lipinski definition) is 6. The van der Waals surface area contributed by atoms with Crippen molar-refractivity contribution in [3.05, 3.63) is 29.2 Å². The van der Waals surface area contributed by atoms with Crippen molar-refractivity contribution < 1.29 is 8.42 Å². The van der Waals surface area contributed by atoms with Crippen LogP contribution in [-0.2, 0) is 10.0 Å². The molecule has 2 aromatic rings. The Balaban J connectivity index is 2.12. The molecule has 0 unspecified atom stereocenters. The smallest absolute Gasteiger partial charge is 0.265 e. The molecule has 2 rings (SSSR count). The second-order valence-electron chi connectivity index (χ2n) is 3.79. The van der Waals surface area contributed by atoms with Crippen molar-refractivity contribution in [2.75, 3.05) is 16.6 Å². The maximum atomic E-state index is 12.0. The molecule has 0 aliphatic carbocycles. The van der Waals surface area contributed by atoms with E-state index in [1.807, 2.05) is 6.92 Å². The first kappa shape index (κ1) is 13.8. The summed E-state index contributed by atoms with van der Waals surface area (Å²) in [5.74, 6) is 0.427. The predicted molar refractivity (Wildman–Crippen MR) is 75.9 cm³/mol. The van der Waals surface area contributed by atoms with E-state index in [-0.39, 0.29) is 4.90 Å². The average Bonchev–Trinajstić information content (AvgIpc) is 2.89. The van der Waals surface area contributed by atoms with Crippen LogP contribution in [-0.4, -0.2) is 24.9 Å². The number of thiophene rings is 1. The number of nitrogens with zero attached hydrogens (tertiary/aromatic N) is 2. The van der Waals surface area contributed by atoms with Gasteiger partial charge in [0, 0.05) is 11.9 Å². The lowest BCUT2D eigenvalue weighted by Crippen LogP contribution is -2.14. The summed E-state index contributed by atoms with van der Waals surface area (Å²) >= 11 is 1.42. The molecule has 2 heterocycles. The monoisotopic (exact) mass is 298 g/mol. The van der Waals surface area contributed by atoms with Crippen LogP contribution in [0.1, 0.15) is 13.3 Å². The van der Waals surface area contributed by atoms with E-state index in [0.29, 0.717) is 11.6 Å². The number of hydrogen-bond donors (Lipinski definition) is 2. The molecule has 0 amide bonds. The third kappa shape index (κ3) is 3.65. The number of aromatic nitrogens is 2. The van der Waals surface area contributed by atoms with Crippen LogP contribution in [0.15, 0.2) is 34.1 Å². The molecule has 0 saturated carbocycles. The summed E-state index contributed by atoms with van der Waals surface area (Å²) in [4.78, 5) is 7.99. The largest absolute Gasteiger partial charge is 0.354 e. The summed E-state index contributed by atoms with van der Waals surface area (Å²) in [6.45, 7) is 2.77. The van der Waals surface area contributed by atoms with Gasteiger partial charge in [-0.05, 0) is 17.9 Å². The van der Waals surface area contributed by atoms with E-state index in [4.69, 9.17) is 0 Å². The van der Waals surface area contributed by atoms with Crippen LogP contribution >= 0.6 is 11.3 Å². The molecule has 0 fully saturated rings. The summed E-state index contributed by atoms with van der Waals surface area (Å²) in [5, 5.41) is 6.50. The molecule has 0 bridgehead atoms. The van der Waals surface area contributed by atoms with E-state index in [9.17, 15) is 8.42 Å². The molecule has 2 N–H and O–H groups in total. The standard InChI is InChI=1S/C11H14N4O2S2/c1-2-4-12-11-13-6-10(7-14-11)19(16,17)15-9-3-5-18-8-9/h3,5-8,15H,2,4H2,1H3,(H,12,13,14). The third-order valence-electron chi connectivity index (χ3n) is 2.24. The highest BCUT2D eigenvalue weighted by molar-refractivity contribution is 7.92. The van der Waals surface area contributed by atoms with E-state index in [2.05, 4.69) is 20.0 Å². The van der Waals surface area contributed by atoms with Crippen molar-refractivity contribution in [1.82, 2.24) is 9.97 Å². The molecule has 2 aromatic heterocycles. The molecule has 6 nitrogen and oxygen atoms in total. The number of nitrogens with one attached hydrogen (secondary N) is 2. The fourth-order valence-corrected chi connectivity index (χ4v) is 2.92. The highest BCUT2D eigenvalue weighted by atomic mass is 32.2. The van der Waals surface area contributed by atoms with Gasteiger partial charge in [0.15, 0.2) is 0 Å². The molecule has 0 aromatic carbocycles. The molecule has 19 heavy (non-hydrogen) atoms. The van der Waals surface area contributed by atoms with Gasteiger partial charge < -0.3 is 5.32 Å². The summed E-state index contributed by atoms with van der Waals surface area (Å²) in [7, 11) is -3.62. The molecular weight excluding hydrogens is 284 g/mol. The predicted octanol–water partition coefficient (Wildman–Crippen LogP) is 2.16. The van der Waals surface area contributed by atoms with Crippen LogP contribution in [0.3, 0.4) is 0 Å². The van der Waals surface area contributed by atoms with Crippen molar-refractivity contribution in [1.29, 1.82) is 0 Å². The van der Waals surface area contributed by atoms with Crippen molar-refractivity contribution in [3.63, 3.8) is 0 Å². The SMILES string of the molecule is CCCNc1ncc(S(=O)(=O)Nc2ccsc2)cn1. The second kappa shape index (κ2) is 5.98. The number of sulfonamides is 1. The van der Waals surface area contributed by atoms with Crippen molar-refractivity contribution in [2.45, 2.75) is 18.2 Å². The first-order valence-electron chi connectivity index (χ1n) is 5.73. The Bertz CT molecular complexity index is 609. The summed E-state index contributed by atoms with van der Waals surface area (Å²) < 4.78 is 26.5. The zero-order chi connectivity index (χ0) is 13.7. The minimum Gasteiger partial charge on any atom is -0.354 e. The lowest BCUT2D eigenvalue weighted by Gasteiger charge is -2.06. The fraction of sp³-hybridized carbons (Fsp3) is 0.273. The Morgan fingerprint density at radius 3 is 2.63 bits per heavy atom. The third-order valence-corrected chi connectivity index (χ3v) is 4.26.